The van der Waals surface area contributed by atoms with Gasteiger partial charge in [-0.2, -0.15) is 13.2 Å². The van der Waals surface area contributed by atoms with Crippen molar-refractivity contribution in [3.8, 4) is 11.5 Å². The van der Waals surface area contributed by atoms with Crippen molar-refractivity contribution in [2.75, 3.05) is 20.8 Å². The van der Waals surface area contributed by atoms with Crippen molar-refractivity contribution in [3.05, 3.63) is 59.7 Å². The van der Waals surface area contributed by atoms with Crippen LogP contribution in [0.3, 0.4) is 0 Å². The van der Waals surface area contributed by atoms with Gasteiger partial charge in [-0.05, 0) is 48.7 Å². The highest BCUT2D eigenvalue weighted by Crippen LogP contribution is 2.23. The number of alkyl halides is 3. The maximum atomic E-state index is 12.4. The van der Waals surface area contributed by atoms with Gasteiger partial charge in [0.15, 0.2) is 0 Å². The summed E-state index contributed by atoms with van der Waals surface area (Å²) in [5.41, 5.74) is 1.72. The topological polar surface area (TPSA) is 56.8 Å². The molecule has 2 aromatic carbocycles. The first kappa shape index (κ1) is 22.5. The quantitative estimate of drug-likeness (QED) is 0.676. The van der Waals surface area contributed by atoms with E-state index in [0.29, 0.717) is 17.9 Å². The highest BCUT2D eigenvalue weighted by Gasteiger charge is 2.30. The lowest BCUT2D eigenvalue weighted by Gasteiger charge is -2.22. The first-order chi connectivity index (χ1) is 13.7. The van der Waals surface area contributed by atoms with E-state index in [1.165, 1.54) is 6.92 Å². The molecule has 5 nitrogen and oxygen atoms in total. The van der Waals surface area contributed by atoms with Gasteiger partial charge in [0.25, 0.3) is 0 Å². The molecule has 0 aliphatic carbocycles. The smallest absolute Gasteiger partial charge is 0.411 e. The molecule has 1 N–H and O–H groups in total. The van der Waals surface area contributed by atoms with Crippen molar-refractivity contribution >= 4 is 5.91 Å². The Balaban J connectivity index is 2.15. The minimum atomic E-state index is -4.49. The van der Waals surface area contributed by atoms with Crippen LogP contribution in [-0.2, 0) is 16.0 Å². The largest absolute Gasteiger partial charge is 0.497 e. The Labute approximate surface area is 167 Å². The molecule has 0 spiro atoms. The van der Waals surface area contributed by atoms with Crippen LogP contribution >= 0.6 is 0 Å². The first-order valence-electron chi connectivity index (χ1n) is 8.97. The molecule has 0 radical (unpaired) electrons. The van der Waals surface area contributed by atoms with Crippen molar-refractivity contribution in [1.82, 2.24) is 5.32 Å². The standard InChI is InChI=1S/C21H24F3NO4/c1-14(29-13-21(22,23)24)20(26)25-19(16-6-10-18(28-3)11-7-16)12-15-4-8-17(27-2)9-5-15/h4-11,14,19H,12-13H2,1-3H3,(H,25,26). The molecule has 0 aromatic heterocycles. The molecule has 2 rings (SSSR count). The fourth-order valence-electron chi connectivity index (χ4n) is 2.67. The monoisotopic (exact) mass is 411 g/mol. The number of hydrogen-bond acceptors (Lipinski definition) is 4. The van der Waals surface area contributed by atoms with Crippen LogP contribution < -0.4 is 14.8 Å². The zero-order valence-electron chi connectivity index (χ0n) is 16.5. The molecule has 2 aromatic rings. The zero-order valence-corrected chi connectivity index (χ0v) is 16.5. The second kappa shape index (κ2) is 10.2. The highest BCUT2D eigenvalue weighted by molar-refractivity contribution is 5.80. The van der Waals surface area contributed by atoms with Crippen molar-refractivity contribution in [2.45, 2.75) is 31.7 Å². The van der Waals surface area contributed by atoms with E-state index in [9.17, 15) is 18.0 Å². The summed E-state index contributed by atoms with van der Waals surface area (Å²) in [6.07, 6.45) is -5.30. The molecule has 0 saturated carbocycles. The van der Waals surface area contributed by atoms with Gasteiger partial charge in [-0.25, -0.2) is 0 Å². The van der Waals surface area contributed by atoms with Crippen molar-refractivity contribution in [3.63, 3.8) is 0 Å². The first-order valence-corrected chi connectivity index (χ1v) is 8.97. The van der Waals surface area contributed by atoms with Crippen LogP contribution in [0.1, 0.15) is 24.1 Å². The number of rotatable bonds is 9. The van der Waals surface area contributed by atoms with Gasteiger partial charge in [0, 0.05) is 0 Å². The zero-order chi connectivity index (χ0) is 21.4. The van der Waals surface area contributed by atoms with Gasteiger partial charge < -0.3 is 19.5 Å². The summed E-state index contributed by atoms with van der Waals surface area (Å²) >= 11 is 0. The fourth-order valence-corrected chi connectivity index (χ4v) is 2.67. The SMILES string of the molecule is COc1ccc(CC(NC(=O)C(C)OCC(F)(F)F)c2ccc(OC)cc2)cc1. The van der Waals surface area contributed by atoms with E-state index in [0.717, 1.165) is 11.1 Å². The highest BCUT2D eigenvalue weighted by atomic mass is 19.4. The Kier molecular flexibility index (Phi) is 7.90. The van der Waals surface area contributed by atoms with E-state index in [1.807, 2.05) is 12.1 Å². The van der Waals surface area contributed by atoms with Crippen LogP contribution in [0.5, 0.6) is 11.5 Å². The van der Waals surface area contributed by atoms with E-state index >= 15 is 0 Å². The normalized spacial score (nSPS) is 13.4. The third kappa shape index (κ3) is 7.30. The number of methoxy groups -OCH3 is 2. The van der Waals surface area contributed by atoms with Gasteiger partial charge in [-0.1, -0.05) is 24.3 Å². The molecule has 158 valence electrons. The number of halogens is 3. The van der Waals surface area contributed by atoms with Crippen LogP contribution in [0.25, 0.3) is 0 Å². The van der Waals surface area contributed by atoms with Crippen molar-refractivity contribution in [1.29, 1.82) is 0 Å². The predicted molar refractivity (Wildman–Crippen MR) is 102 cm³/mol. The van der Waals surface area contributed by atoms with Crippen LogP contribution in [0, 0.1) is 0 Å². The van der Waals surface area contributed by atoms with E-state index in [1.54, 1.807) is 50.6 Å². The van der Waals surface area contributed by atoms with Crippen molar-refractivity contribution < 1.29 is 32.2 Å². The minimum Gasteiger partial charge on any atom is -0.497 e. The van der Waals surface area contributed by atoms with E-state index in [-0.39, 0.29) is 0 Å². The Morgan fingerprint density at radius 2 is 1.48 bits per heavy atom. The predicted octanol–water partition coefficient (Wildman–Crippen LogP) is 4.07. The van der Waals surface area contributed by atoms with Crippen molar-refractivity contribution in [2.24, 2.45) is 0 Å². The number of carbonyl (C=O) groups excluding carboxylic acids is 1. The summed E-state index contributed by atoms with van der Waals surface area (Å²) in [6.45, 7) is -0.188. The molecule has 2 atom stereocenters. The third-order valence-corrected chi connectivity index (χ3v) is 4.30. The Hall–Kier alpha value is -2.74. The second-order valence-electron chi connectivity index (χ2n) is 6.45. The Bertz CT molecular complexity index is 776. The van der Waals surface area contributed by atoms with Gasteiger partial charge >= 0.3 is 6.18 Å². The Morgan fingerprint density at radius 3 is 1.97 bits per heavy atom. The van der Waals surface area contributed by atoms with Crippen LogP contribution in [-0.4, -0.2) is 39.0 Å². The number of benzene rings is 2. The minimum absolute atomic E-state index is 0.439. The average Bonchev–Trinajstić information content (AvgIpc) is 2.71. The number of hydrogen-bond donors (Lipinski definition) is 1. The molecule has 0 saturated heterocycles. The molecule has 0 fully saturated rings. The summed E-state index contributed by atoms with van der Waals surface area (Å²) in [5.74, 6) is 0.738. The molecule has 8 heteroatoms. The van der Waals surface area contributed by atoms with Gasteiger partial charge in [0.05, 0.1) is 20.3 Å². The van der Waals surface area contributed by atoms with Gasteiger partial charge in [0.1, 0.15) is 24.2 Å². The van der Waals surface area contributed by atoms with Crippen LogP contribution in [0.2, 0.25) is 0 Å². The van der Waals surface area contributed by atoms with E-state index in [2.05, 4.69) is 10.1 Å². The lowest BCUT2D eigenvalue weighted by atomic mass is 9.98. The van der Waals surface area contributed by atoms with Gasteiger partial charge in [0.2, 0.25) is 5.91 Å². The fraction of sp³-hybridized carbons (Fsp3) is 0.381. The summed E-state index contributed by atoms with van der Waals surface area (Å²) in [6, 6.07) is 14.0. The average molecular weight is 411 g/mol. The maximum absolute atomic E-state index is 12.4. The van der Waals surface area contributed by atoms with Crippen LogP contribution in [0.15, 0.2) is 48.5 Å². The summed E-state index contributed by atoms with van der Waals surface area (Å²) < 4.78 is 52.0. The number of amides is 1. The molecule has 2 unspecified atom stereocenters. The van der Waals surface area contributed by atoms with Gasteiger partial charge in [-0.15, -0.1) is 0 Å². The molecule has 0 aliphatic rings. The molecular formula is C21H24F3NO4. The lowest BCUT2D eigenvalue weighted by molar-refractivity contribution is -0.185. The molecule has 1 amide bonds. The second-order valence-corrected chi connectivity index (χ2v) is 6.45. The summed E-state index contributed by atoms with van der Waals surface area (Å²) in [5, 5.41) is 2.78. The summed E-state index contributed by atoms with van der Waals surface area (Å²) in [4.78, 5) is 12.4. The van der Waals surface area contributed by atoms with E-state index < -0.39 is 30.8 Å². The molecule has 0 bridgehead atoms. The van der Waals surface area contributed by atoms with Crippen LogP contribution in [0.4, 0.5) is 13.2 Å². The molecule has 29 heavy (non-hydrogen) atoms. The number of ether oxygens (including phenoxy) is 3. The Morgan fingerprint density at radius 1 is 0.966 bits per heavy atom. The van der Waals surface area contributed by atoms with Gasteiger partial charge in [-0.3, -0.25) is 4.79 Å². The van der Waals surface area contributed by atoms with E-state index in [4.69, 9.17) is 9.47 Å². The molecule has 0 heterocycles. The molecule has 0 aliphatic heterocycles. The molecular weight excluding hydrogens is 387 g/mol. The number of nitrogens with one attached hydrogen (secondary N) is 1. The third-order valence-electron chi connectivity index (χ3n) is 4.30. The summed E-state index contributed by atoms with van der Waals surface area (Å²) in [7, 11) is 3.11. The number of carbonyl (C=O) groups is 1. The maximum Gasteiger partial charge on any atom is 0.411 e. The lowest BCUT2D eigenvalue weighted by Crippen LogP contribution is -2.39.